The SMILES string of the molecule is CN(C)CC(C)(N)c1ccc(Cl)cc1. The lowest BCUT2D eigenvalue weighted by atomic mass is 9.93. The molecule has 0 bridgehead atoms. The summed E-state index contributed by atoms with van der Waals surface area (Å²) in [6.45, 7) is 2.84. The average Bonchev–Trinajstić information content (AvgIpc) is 2.02. The minimum absolute atomic E-state index is 0.325. The molecule has 3 heteroatoms. The first-order valence-electron chi connectivity index (χ1n) is 4.61. The van der Waals surface area contributed by atoms with Gasteiger partial charge in [0.1, 0.15) is 0 Å². The highest BCUT2D eigenvalue weighted by Gasteiger charge is 2.21. The van der Waals surface area contributed by atoms with Crippen molar-refractivity contribution in [3.63, 3.8) is 0 Å². The smallest absolute Gasteiger partial charge is 0.0509 e. The van der Waals surface area contributed by atoms with Gasteiger partial charge in [-0.1, -0.05) is 23.7 Å². The predicted molar refractivity (Wildman–Crippen MR) is 61.5 cm³/mol. The molecule has 0 aliphatic heterocycles. The molecule has 78 valence electrons. The first kappa shape index (κ1) is 11.5. The van der Waals surface area contributed by atoms with Gasteiger partial charge in [-0.3, -0.25) is 0 Å². The van der Waals surface area contributed by atoms with E-state index in [4.69, 9.17) is 17.3 Å². The molecule has 1 unspecified atom stereocenters. The summed E-state index contributed by atoms with van der Waals surface area (Å²) in [6.07, 6.45) is 0. The van der Waals surface area contributed by atoms with E-state index in [0.29, 0.717) is 0 Å². The molecule has 0 saturated heterocycles. The minimum atomic E-state index is -0.325. The molecule has 0 aromatic heterocycles. The van der Waals surface area contributed by atoms with Gasteiger partial charge in [0, 0.05) is 11.6 Å². The highest BCUT2D eigenvalue weighted by atomic mass is 35.5. The summed E-state index contributed by atoms with van der Waals surface area (Å²) in [4.78, 5) is 2.08. The highest BCUT2D eigenvalue weighted by Crippen LogP contribution is 2.20. The fourth-order valence-electron chi connectivity index (χ4n) is 1.58. The maximum Gasteiger partial charge on any atom is 0.0509 e. The third-order valence-corrected chi connectivity index (χ3v) is 2.40. The van der Waals surface area contributed by atoms with Crippen LogP contribution in [-0.2, 0) is 5.54 Å². The van der Waals surface area contributed by atoms with E-state index in [1.165, 1.54) is 0 Å². The molecule has 0 heterocycles. The van der Waals surface area contributed by atoms with E-state index in [1.807, 2.05) is 45.3 Å². The Morgan fingerprint density at radius 3 is 2.21 bits per heavy atom. The largest absolute Gasteiger partial charge is 0.321 e. The molecule has 1 aromatic rings. The second kappa shape index (κ2) is 4.30. The Balaban J connectivity index is 2.86. The predicted octanol–water partition coefficient (Wildman–Crippen LogP) is 2.08. The molecule has 0 radical (unpaired) electrons. The molecule has 2 nitrogen and oxygen atoms in total. The van der Waals surface area contributed by atoms with Gasteiger partial charge in [-0.2, -0.15) is 0 Å². The summed E-state index contributed by atoms with van der Waals surface area (Å²) in [7, 11) is 4.03. The Bertz CT molecular complexity index is 291. The van der Waals surface area contributed by atoms with Crippen molar-refractivity contribution >= 4 is 11.6 Å². The van der Waals surface area contributed by atoms with E-state index >= 15 is 0 Å². The summed E-state index contributed by atoms with van der Waals surface area (Å²) in [5.41, 5.74) is 6.99. The maximum absolute atomic E-state index is 6.20. The number of nitrogens with zero attached hydrogens (tertiary/aromatic N) is 1. The fraction of sp³-hybridized carbons (Fsp3) is 0.455. The first-order valence-corrected chi connectivity index (χ1v) is 4.99. The third-order valence-electron chi connectivity index (χ3n) is 2.15. The maximum atomic E-state index is 6.20. The van der Waals surface area contributed by atoms with Crippen molar-refractivity contribution in [3.8, 4) is 0 Å². The van der Waals surface area contributed by atoms with Crippen LogP contribution in [0.5, 0.6) is 0 Å². The topological polar surface area (TPSA) is 29.3 Å². The van der Waals surface area contributed by atoms with Gasteiger partial charge in [0.05, 0.1) is 5.54 Å². The number of nitrogens with two attached hydrogens (primary N) is 1. The monoisotopic (exact) mass is 212 g/mol. The second-order valence-electron chi connectivity index (χ2n) is 4.16. The molecule has 2 N–H and O–H groups in total. The van der Waals surface area contributed by atoms with Crippen molar-refractivity contribution in [3.05, 3.63) is 34.9 Å². The summed E-state index contributed by atoms with van der Waals surface area (Å²) >= 11 is 5.82. The quantitative estimate of drug-likeness (QED) is 0.832. The minimum Gasteiger partial charge on any atom is -0.321 e. The van der Waals surface area contributed by atoms with Gasteiger partial charge in [-0.25, -0.2) is 0 Å². The third kappa shape index (κ3) is 2.98. The molecule has 0 amide bonds. The van der Waals surface area contributed by atoms with Gasteiger partial charge in [-0.05, 0) is 38.7 Å². The lowest BCUT2D eigenvalue weighted by molar-refractivity contribution is 0.304. The molecule has 1 atom stereocenters. The number of benzene rings is 1. The number of hydrogen-bond acceptors (Lipinski definition) is 2. The first-order chi connectivity index (χ1) is 6.42. The van der Waals surface area contributed by atoms with Crippen LogP contribution in [0.15, 0.2) is 24.3 Å². The zero-order valence-corrected chi connectivity index (χ0v) is 9.67. The molecule has 1 rings (SSSR count). The molecule has 0 saturated carbocycles. The molecule has 1 aromatic carbocycles. The van der Waals surface area contributed by atoms with E-state index in [-0.39, 0.29) is 5.54 Å². The lowest BCUT2D eigenvalue weighted by Crippen LogP contribution is -2.42. The van der Waals surface area contributed by atoms with Gasteiger partial charge in [-0.15, -0.1) is 0 Å². The van der Waals surface area contributed by atoms with Crippen molar-refractivity contribution in [1.82, 2.24) is 4.90 Å². The van der Waals surface area contributed by atoms with Crippen molar-refractivity contribution in [1.29, 1.82) is 0 Å². The van der Waals surface area contributed by atoms with Gasteiger partial charge in [0.15, 0.2) is 0 Å². The Hall–Kier alpha value is -0.570. The zero-order valence-electron chi connectivity index (χ0n) is 8.92. The molecular weight excluding hydrogens is 196 g/mol. The van der Waals surface area contributed by atoms with E-state index in [0.717, 1.165) is 17.1 Å². The van der Waals surface area contributed by atoms with Crippen LogP contribution in [0.1, 0.15) is 12.5 Å². The molecule has 0 fully saturated rings. The van der Waals surface area contributed by atoms with Crippen LogP contribution in [-0.4, -0.2) is 25.5 Å². The number of halogens is 1. The van der Waals surface area contributed by atoms with Gasteiger partial charge in [0.2, 0.25) is 0 Å². The van der Waals surface area contributed by atoms with Crippen molar-refractivity contribution in [2.24, 2.45) is 5.73 Å². The van der Waals surface area contributed by atoms with E-state index in [1.54, 1.807) is 0 Å². The highest BCUT2D eigenvalue weighted by molar-refractivity contribution is 6.30. The summed E-state index contributed by atoms with van der Waals surface area (Å²) < 4.78 is 0. The summed E-state index contributed by atoms with van der Waals surface area (Å²) in [6, 6.07) is 7.70. The van der Waals surface area contributed by atoms with Gasteiger partial charge in [0.25, 0.3) is 0 Å². The standard InChI is InChI=1S/C11H17ClN2/c1-11(13,8-14(2)3)9-4-6-10(12)7-5-9/h4-7H,8,13H2,1-3H3. The van der Waals surface area contributed by atoms with E-state index in [2.05, 4.69) is 4.90 Å². The number of likely N-dealkylation sites (N-methyl/N-ethyl adjacent to an activating group) is 1. The van der Waals surface area contributed by atoms with E-state index in [9.17, 15) is 0 Å². The molecule has 0 spiro atoms. The molecule has 0 aliphatic carbocycles. The van der Waals surface area contributed by atoms with Crippen molar-refractivity contribution in [2.45, 2.75) is 12.5 Å². The summed E-state index contributed by atoms with van der Waals surface area (Å²) in [5, 5.41) is 0.745. The van der Waals surface area contributed by atoms with Crippen molar-refractivity contribution in [2.75, 3.05) is 20.6 Å². The van der Waals surface area contributed by atoms with Crippen LogP contribution >= 0.6 is 11.6 Å². The molecule has 0 aliphatic rings. The van der Waals surface area contributed by atoms with Crippen LogP contribution in [0.25, 0.3) is 0 Å². The Morgan fingerprint density at radius 2 is 1.79 bits per heavy atom. The van der Waals surface area contributed by atoms with Crippen molar-refractivity contribution < 1.29 is 0 Å². The second-order valence-corrected chi connectivity index (χ2v) is 4.60. The Morgan fingerprint density at radius 1 is 1.29 bits per heavy atom. The van der Waals surface area contributed by atoms with Crippen LogP contribution in [0.2, 0.25) is 5.02 Å². The van der Waals surface area contributed by atoms with Crippen LogP contribution in [0.4, 0.5) is 0 Å². The van der Waals surface area contributed by atoms with Crippen LogP contribution in [0, 0.1) is 0 Å². The van der Waals surface area contributed by atoms with Crippen LogP contribution in [0.3, 0.4) is 0 Å². The van der Waals surface area contributed by atoms with Crippen LogP contribution < -0.4 is 5.73 Å². The number of hydrogen-bond donors (Lipinski definition) is 1. The Labute approximate surface area is 90.7 Å². The van der Waals surface area contributed by atoms with Gasteiger partial charge < -0.3 is 10.6 Å². The Kier molecular flexibility index (Phi) is 3.53. The zero-order chi connectivity index (χ0) is 10.8. The van der Waals surface area contributed by atoms with Gasteiger partial charge >= 0.3 is 0 Å². The number of rotatable bonds is 3. The lowest BCUT2D eigenvalue weighted by Gasteiger charge is -2.28. The fourth-order valence-corrected chi connectivity index (χ4v) is 1.70. The normalized spacial score (nSPS) is 15.6. The molecule has 14 heavy (non-hydrogen) atoms. The average molecular weight is 213 g/mol. The van der Waals surface area contributed by atoms with E-state index < -0.39 is 0 Å². The molecular formula is C11H17ClN2. The summed E-state index contributed by atoms with van der Waals surface area (Å²) in [5.74, 6) is 0.